The Labute approximate surface area is 158 Å². The first-order chi connectivity index (χ1) is 13.1. The normalized spacial score (nSPS) is 10.7. The standard InChI is InChI=1S/C21H23N3O3/c1-3-23(14-16-8-10-17(27-2)11-9-16)20(25)12-13-24-15-22-19-7-5-4-6-18(19)21(24)26/h4-11,15H,3,12-14H2,1-2H3. The minimum atomic E-state index is -0.119. The Kier molecular flexibility index (Phi) is 5.86. The number of methoxy groups -OCH3 is 1. The number of fused-ring (bicyclic) bond motifs is 1. The monoisotopic (exact) mass is 365 g/mol. The molecule has 0 fully saturated rings. The van der Waals surface area contributed by atoms with Gasteiger partial charge in [-0.15, -0.1) is 0 Å². The smallest absolute Gasteiger partial charge is 0.261 e. The zero-order valence-corrected chi connectivity index (χ0v) is 15.6. The van der Waals surface area contributed by atoms with Crippen LogP contribution in [0.5, 0.6) is 5.75 Å². The predicted molar refractivity (Wildman–Crippen MR) is 105 cm³/mol. The first-order valence-corrected chi connectivity index (χ1v) is 8.97. The highest BCUT2D eigenvalue weighted by atomic mass is 16.5. The maximum absolute atomic E-state index is 12.6. The summed E-state index contributed by atoms with van der Waals surface area (Å²) in [4.78, 5) is 31.2. The van der Waals surface area contributed by atoms with Gasteiger partial charge in [-0.1, -0.05) is 24.3 Å². The predicted octanol–water partition coefficient (Wildman–Crippen LogP) is 2.84. The van der Waals surface area contributed by atoms with Gasteiger partial charge >= 0.3 is 0 Å². The summed E-state index contributed by atoms with van der Waals surface area (Å²) >= 11 is 0. The van der Waals surface area contributed by atoms with Crippen LogP contribution in [0, 0.1) is 0 Å². The molecule has 0 radical (unpaired) electrons. The molecule has 0 atom stereocenters. The number of benzene rings is 2. The maximum Gasteiger partial charge on any atom is 0.261 e. The molecule has 0 unspecified atom stereocenters. The largest absolute Gasteiger partial charge is 0.497 e. The lowest BCUT2D eigenvalue weighted by atomic mass is 10.2. The van der Waals surface area contributed by atoms with E-state index >= 15 is 0 Å². The van der Waals surface area contributed by atoms with Crippen LogP contribution in [0.2, 0.25) is 0 Å². The average Bonchev–Trinajstić information content (AvgIpc) is 2.72. The summed E-state index contributed by atoms with van der Waals surface area (Å²) in [5, 5.41) is 0.568. The SMILES string of the molecule is CCN(Cc1ccc(OC)cc1)C(=O)CCn1cnc2ccccc2c1=O. The fraction of sp³-hybridized carbons (Fsp3) is 0.286. The van der Waals surface area contributed by atoms with Crippen molar-refractivity contribution in [2.75, 3.05) is 13.7 Å². The fourth-order valence-corrected chi connectivity index (χ4v) is 2.97. The quantitative estimate of drug-likeness (QED) is 0.646. The first-order valence-electron chi connectivity index (χ1n) is 8.97. The number of carbonyl (C=O) groups excluding carboxylic acids is 1. The molecule has 0 aliphatic carbocycles. The summed E-state index contributed by atoms with van der Waals surface area (Å²) in [6.45, 7) is 3.40. The van der Waals surface area contributed by atoms with Crippen molar-refractivity contribution in [2.24, 2.45) is 0 Å². The van der Waals surface area contributed by atoms with Crippen molar-refractivity contribution in [3.63, 3.8) is 0 Å². The number of hydrogen-bond donors (Lipinski definition) is 0. The van der Waals surface area contributed by atoms with Crippen LogP contribution in [-0.2, 0) is 17.9 Å². The minimum Gasteiger partial charge on any atom is -0.497 e. The molecule has 0 saturated carbocycles. The first kappa shape index (κ1) is 18.6. The van der Waals surface area contributed by atoms with E-state index in [0.29, 0.717) is 30.5 Å². The summed E-state index contributed by atoms with van der Waals surface area (Å²) in [6.07, 6.45) is 1.77. The van der Waals surface area contributed by atoms with Gasteiger partial charge in [-0.3, -0.25) is 14.2 Å². The molecule has 1 aromatic heterocycles. The number of aryl methyl sites for hydroxylation is 1. The molecule has 1 amide bonds. The van der Waals surface area contributed by atoms with Crippen molar-refractivity contribution in [1.29, 1.82) is 0 Å². The van der Waals surface area contributed by atoms with Gasteiger partial charge in [-0.25, -0.2) is 4.98 Å². The van der Waals surface area contributed by atoms with Crippen LogP contribution in [-0.4, -0.2) is 34.0 Å². The van der Waals surface area contributed by atoms with E-state index in [1.54, 1.807) is 24.1 Å². The second-order valence-electron chi connectivity index (χ2n) is 6.27. The van der Waals surface area contributed by atoms with Crippen molar-refractivity contribution in [2.45, 2.75) is 26.4 Å². The molecule has 1 heterocycles. The number of rotatable bonds is 7. The highest BCUT2D eigenvalue weighted by Gasteiger charge is 2.13. The van der Waals surface area contributed by atoms with Crippen molar-refractivity contribution < 1.29 is 9.53 Å². The van der Waals surface area contributed by atoms with Crippen LogP contribution in [0.15, 0.2) is 59.7 Å². The summed E-state index contributed by atoms with van der Waals surface area (Å²) in [7, 11) is 1.63. The van der Waals surface area contributed by atoms with E-state index in [0.717, 1.165) is 11.3 Å². The number of aromatic nitrogens is 2. The molecule has 6 nitrogen and oxygen atoms in total. The number of hydrogen-bond acceptors (Lipinski definition) is 4. The van der Waals surface area contributed by atoms with E-state index in [-0.39, 0.29) is 17.9 Å². The summed E-state index contributed by atoms with van der Waals surface area (Å²) in [5.74, 6) is 0.796. The molecule has 6 heteroatoms. The van der Waals surface area contributed by atoms with Gasteiger partial charge in [0.1, 0.15) is 5.75 Å². The zero-order valence-electron chi connectivity index (χ0n) is 15.6. The molecule has 2 aromatic carbocycles. The van der Waals surface area contributed by atoms with Crippen LogP contribution in [0.25, 0.3) is 10.9 Å². The van der Waals surface area contributed by atoms with Crippen LogP contribution in [0.3, 0.4) is 0 Å². The van der Waals surface area contributed by atoms with Crippen molar-refractivity contribution in [1.82, 2.24) is 14.5 Å². The maximum atomic E-state index is 12.6. The topological polar surface area (TPSA) is 64.4 Å². The Morgan fingerprint density at radius 3 is 2.59 bits per heavy atom. The Balaban J connectivity index is 1.66. The molecule has 140 valence electrons. The van der Waals surface area contributed by atoms with Gasteiger partial charge in [0.15, 0.2) is 0 Å². The molecule has 0 N–H and O–H groups in total. The van der Waals surface area contributed by atoms with Gasteiger partial charge in [-0.05, 0) is 36.8 Å². The average molecular weight is 365 g/mol. The Hall–Kier alpha value is -3.15. The third-order valence-corrected chi connectivity index (χ3v) is 4.57. The van der Waals surface area contributed by atoms with Crippen molar-refractivity contribution >= 4 is 16.8 Å². The lowest BCUT2D eigenvalue weighted by molar-refractivity contribution is -0.131. The molecule has 0 spiro atoms. The van der Waals surface area contributed by atoms with Crippen LogP contribution in [0.4, 0.5) is 0 Å². The van der Waals surface area contributed by atoms with E-state index in [4.69, 9.17) is 4.74 Å². The lowest BCUT2D eigenvalue weighted by Gasteiger charge is -2.21. The molecular formula is C21H23N3O3. The third kappa shape index (κ3) is 4.34. The summed E-state index contributed by atoms with van der Waals surface area (Å²) in [5.41, 5.74) is 1.59. The zero-order chi connectivity index (χ0) is 19.2. The molecule has 27 heavy (non-hydrogen) atoms. The Morgan fingerprint density at radius 1 is 1.15 bits per heavy atom. The van der Waals surface area contributed by atoms with Crippen LogP contribution >= 0.6 is 0 Å². The second kappa shape index (κ2) is 8.49. The van der Waals surface area contributed by atoms with Gasteiger partial charge in [0.25, 0.3) is 5.56 Å². The second-order valence-corrected chi connectivity index (χ2v) is 6.27. The van der Waals surface area contributed by atoms with E-state index in [1.165, 1.54) is 10.9 Å². The van der Waals surface area contributed by atoms with E-state index in [1.807, 2.05) is 43.3 Å². The van der Waals surface area contributed by atoms with Crippen molar-refractivity contribution in [3.05, 3.63) is 70.8 Å². The number of amides is 1. The molecule has 0 aliphatic heterocycles. The fourth-order valence-electron chi connectivity index (χ4n) is 2.97. The summed E-state index contributed by atoms with van der Waals surface area (Å²) < 4.78 is 6.66. The van der Waals surface area contributed by atoms with Gasteiger partial charge < -0.3 is 9.64 Å². The van der Waals surface area contributed by atoms with Crippen LogP contribution in [0.1, 0.15) is 18.9 Å². The van der Waals surface area contributed by atoms with Gasteiger partial charge in [0, 0.05) is 26.1 Å². The Morgan fingerprint density at radius 2 is 1.89 bits per heavy atom. The molecule has 3 rings (SSSR count). The summed E-state index contributed by atoms with van der Waals surface area (Å²) in [6, 6.07) is 14.9. The molecule has 0 saturated heterocycles. The number of para-hydroxylation sites is 1. The highest BCUT2D eigenvalue weighted by Crippen LogP contribution is 2.13. The number of ether oxygens (including phenoxy) is 1. The van der Waals surface area contributed by atoms with E-state index < -0.39 is 0 Å². The Bertz CT molecular complexity index is 980. The van der Waals surface area contributed by atoms with Crippen LogP contribution < -0.4 is 10.3 Å². The van der Waals surface area contributed by atoms with Crippen molar-refractivity contribution in [3.8, 4) is 5.75 Å². The van der Waals surface area contributed by atoms with Gasteiger partial charge in [-0.2, -0.15) is 0 Å². The molecule has 0 aliphatic rings. The number of carbonyl (C=O) groups is 1. The van der Waals surface area contributed by atoms with Gasteiger partial charge in [0.2, 0.25) is 5.91 Å². The molecule has 0 bridgehead atoms. The number of nitrogens with zero attached hydrogens (tertiary/aromatic N) is 3. The van der Waals surface area contributed by atoms with E-state index in [2.05, 4.69) is 4.98 Å². The highest BCUT2D eigenvalue weighted by molar-refractivity contribution is 5.77. The van der Waals surface area contributed by atoms with E-state index in [9.17, 15) is 9.59 Å². The molecule has 3 aromatic rings. The minimum absolute atomic E-state index is 0.00776. The lowest BCUT2D eigenvalue weighted by Crippen LogP contribution is -2.32. The molecular weight excluding hydrogens is 342 g/mol. The van der Waals surface area contributed by atoms with Gasteiger partial charge in [0.05, 0.1) is 24.3 Å². The third-order valence-electron chi connectivity index (χ3n) is 4.57.